The van der Waals surface area contributed by atoms with Crippen LogP contribution >= 0.6 is 0 Å². The first-order chi connectivity index (χ1) is 13.1. The van der Waals surface area contributed by atoms with Gasteiger partial charge in [-0.15, -0.1) is 0 Å². The van der Waals surface area contributed by atoms with Gasteiger partial charge in [-0.3, -0.25) is 0 Å². The summed E-state index contributed by atoms with van der Waals surface area (Å²) < 4.78 is 5.06. The maximum Gasteiger partial charge on any atom is 0.289 e. The average molecular weight is 360 g/mol. The summed E-state index contributed by atoms with van der Waals surface area (Å²) in [6, 6.07) is 12.0. The normalized spacial score (nSPS) is 17.6. The van der Waals surface area contributed by atoms with Crippen LogP contribution in [0.3, 0.4) is 0 Å². The highest BCUT2D eigenvalue weighted by Gasteiger charge is 2.31. The summed E-state index contributed by atoms with van der Waals surface area (Å²) in [5, 5.41) is 0. The molecule has 0 spiro atoms. The molecule has 0 saturated heterocycles. The van der Waals surface area contributed by atoms with Crippen LogP contribution in [0.25, 0.3) is 22.4 Å². The monoisotopic (exact) mass is 359 g/mol. The van der Waals surface area contributed by atoms with Gasteiger partial charge in [0.25, 0.3) is 5.82 Å². The fraction of sp³-hybridized carbons (Fsp3) is 0.480. The quantitative estimate of drug-likeness (QED) is 0.516. The lowest BCUT2D eigenvalue weighted by Gasteiger charge is -2.23. The second-order valence-corrected chi connectivity index (χ2v) is 8.84. The van der Waals surface area contributed by atoms with E-state index in [-0.39, 0.29) is 0 Å². The van der Waals surface area contributed by atoms with Crippen molar-refractivity contribution in [3.63, 3.8) is 0 Å². The zero-order valence-corrected chi connectivity index (χ0v) is 17.0. The molecule has 1 fully saturated rings. The third-order valence-corrected chi connectivity index (χ3v) is 6.92. The molecule has 2 heteroatoms. The number of benzene rings is 2. The van der Waals surface area contributed by atoms with Gasteiger partial charge in [-0.05, 0) is 68.7 Å². The highest BCUT2D eigenvalue weighted by atomic mass is 15.2. The minimum absolute atomic E-state index is 0.772. The van der Waals surface area contributed by atoms with E-state index in [0.29, 0.717) is 0 Å². The maximum atomic E-state index is 2.59. The molecule has 5 rings (SSSR count). The van der Waals surface area contributed by atoms with Crippen molar-refractivity contribution in [2.45, 2.75) is 71.3 Å². The number of rotatable bonds is 2. The summed E-state index contributed by atoms with van der Waals surface area (Å²) in [6.07, 6.45) is 9.46. The lowest BCUT2D eigenvalue weighted by Crippen LogP contribution is -2.39. The van der Waals surface area contributed by atoms with Crippen LogP contribution in [0.2, 0.25) is 0 Å². The minimum atomic E-state index is 0.772. The largest absolute Gasteiger partial charge is 0.289 e. The smallest absolute Gasteiger partial charge is 0.226 e. The number of aryl methyl sites for hydroxylation is 5. The van der Waals surface area contributed by atoms with Crippen molar-refractivity contribution in [2.24, 2.45) is 7.05 Å². The standard InChI is InChI=1S/C25H31N2/c1-17-11-12-22(18(2)14-17)25-26(3)23-16-21(19-8-5-4-6-9-19)15-20-10-7-13-27(25)24(20)23/h11-12,14-16,19H,4-10,13H2,1-3H3/q+1. The number of aromatic nitrogens is 2. The van der Waals surface area contributed by atoms with Gasteiger partial charge in [0.1, 0.15) is 0 Å². The van der Waals surface area contributed by atoms with E-state index in [1.165, 1.54) is 78.5 Å². The summed E-state index contributed by atoms with van der Waals surface area (Å²) in [5.74, 6) is 2.15. The summed E-state index contributed by atoms with van der Waals surface area (Å²) in [6.45, 7) is 5.57. The van der Waals surface area contributed by atoms with Crippen molar-refractivity contribution < 1.29 is 4.57 Å². The highest BCUT2D eigenvalue weighted by molar-refractivity contribution is 5.81. The molecule has 27 heavy (non-hydrogen) atoms. The SMILES string of the molecule is Cc1ccc(-c2n(C)c3cc(C4CCCCC4)cc4c3[n+]2CCC4)c(C)c1. The molecule has 1 saturated carbocycles. The third-order valence-electron chi connectivity index (χ3n) is 6.92. The molecular formula is C25H31N2+. The van der Waals surface area contributed by atoms with Gasteiger partial charge in [-0.2, -0.15) is 0 Å². The van der Waals surface area contributed by atoms with E-state index in [1.807, 2.05) is 0 Å². The first kappa shape index (κ1) is 17.0. The summed E-state index contributed by atoms with van der Waals surface area (Å²) in [7, 11) is 2.27. The Bertz CT molecular complexity index is 1020. The van der Waals surface area contributed by atoms with Gasteiger partial charge in [0.05, 0.1) is 19.2 Å². The van der Waals surface area contributed by atoms with Gasteiger partial charge in [0.2, 0.25) is 0 Å². The predicted octanol–water partition coefficient (Wildman–Crippen LogP) is 5.74. The van der Waals surface area contributed by atoms with Crippen LogP contribution < -0.4 is 4.57 Å². The number of hydrogen-bond acceptors (Lipinski definition) is 0. The zero-order valence-electron chi connectivity index (χ0n) is 17.0. The average Bonchev–Trinajstić information content (AvgIpc) is 2.96. The zero-order chi connectivity index (χ0) is 18.5. The van der Waals surface area contributed by atoms with E-state index >= 15 is 0 Å². The van der Waals surface area contributed by atoms with Crippen molar-refractivity contribution in [1.29, 1.82) is 0 Å². The molecule has 3 aromatic rings. The number of hydrogen-bond donors (Lipinski definition) is 0. The minimum Gasteiger partial charge on any atom is -0.226 e. The van der Waals surface area contributed by atoms with Crippen LogP contribution in [0, 0.1) is 13.8 Å². The maximum absolute atomic E-state index is 2.59. The number of nitrogens with zero attached hydrogens (tertiary/aromatic N) is 2. The molecule has 0 bridgehead atoms. The molecule has 0 atom stereocenters. The van der Waals surface area contributed by atoms with Crippen LogP contribution in [-0.4, -0.2) is 4.57 Å². The van der Waals surface area contributed by atoms with Crippen LogP contribution in [-0.2, 0) is 20.0 Å². The van der Waals surface area contributed by atoms with Crippen molar-refractivity contribution in [3.05, 3.63) is 52.6 Å². The van der Waals surface area contributed by atoms with Gasteiger partial charge in [0, 0.05) is 5.56 Å². The third kappa shape index (κ3) is 2.72. The first-order valence-electron chi connectivity index (χ1n) is 10.8. The molecule has 1 aromatic heterocycles. The Hall–Kier alpha value is -2.09. The van der Waals surface area contributed by atoms with E-state index in [4.69, 9.17) is 0 Å². The van der Waals surface area contributed by atoms with Gasteiger partial charge in [-0.25, -0.2) is 9.13 Å². The van der Waals surface area contributed by atoms with E-state index in [9.17, 15) is 0 Å². The van der Waals surface area contributed by atoms with Crippen LogP contribution in [0.5, 0.6) is 0 Å². The fourth-order valence-electron chi connectivity index (χ4n) is 5.57. The summed E-state index contributed by atoms with van der Waals surface area (Å²) in [4.78, 5) is 0. The summed E-state index contributed by atoms with van der Waals surface area (Å²) >= 11 is 0. The molecule has 2 aliphatic rings. The molecule has 0 amide bonds. The molecule has 1 aliphatic carbocycles. The van der Waals surface area contributed by atoms with E-state index in [2.05, 4.69) is 60.4 Å². The Labute approximate surface area is 162 Å². The molecule has 0 radical (unpaired) electrons. The Morgan fingerprint density at radius 3 is 2.56 bits per heavy atom. The first-order valence-corrected chi connectivity index (χ1v) is 10.8. The van der Waals surface area contributed by atoms with Gasteiger partial charge in [-0.1, -0.05) is 43.0 Å². The predicted molar refractivity (Wildman–Crippen MR) is 112 cm³/mol. The lowest BCUT2D eigenvalue weighted by molar-refractivity contribution is -0.664. The van der Waals surface area contributed by atoms with Crippen molar-refractivity contribution >= 4 is 11.0 Å². The highest BCUT2D eigenvalue weighted by Crippen LogP contribution is 2.37. The van der Waals surface area contributed by atoms with E-state index in [1.54, 1.807) is 11.1 Å². The van der Waals surface area contributed by atoms with Crippen LogP contribution in [0.1, 0.15) is 66.7 Å². The fourth-order valence-corrected chi connectivity index (χ4v) is 5.57. The second-order valence-electron chi connectivity index (χ2n) is 8.84. The molecule has 1 aliphatic heterocycles. The van der Waals surface area contributed by atoms with Gasteiger partial charge in [0.15, 0.2) is 11.0 Å². The van der Waals surface area contributed by atoms with Crippen molar-refractivity contribution in [3.8, 4) is 11.4 Å². The Morgan fingerprint density at radius 1 is 0.963 bits per heavy atom. The molecule has 140 valence electrons. The molecule has 0 unspecified atom stereocenters. The Kier molecular flexibility index (Phi) is 4.11. The Morgan fingerprint density at radius 2 is 1.78 bits per heavy atom. The summed E-state index contributed by atoms with van der Waals surface area (Å²) in [5.41, 5.74) is 10.2. The molecular weight excluding hydrogens is 328 g/mol. The molecule has 2 nitrogen and oxygen atoms in total. The van der Waals surface area contributed by atoms with E-state index < -0.39 is 0 Å². The van der Waals surface area contributed by atoms with Crippen LogP contribution in [0.4, 0.5) is 0 Å². The molecule has 0 N–H and O–H groups in total. The topological polar surface area (TPSA) is 8.81 Å². The van der Waals surface area contributed by atoms with Crippen LogP contribution in [0.15, 0.2) is 30.3 Å². The van der Waals surface area contributed by atoms with E-state index in [0.717, 1.165) is 12.5 Å². The van der Waals surface area contributed by atoms with Crippen molar-refractivity contribution in [1.82, 2.24) is 4.57 Å². The lowest BCUT2D eigenvalue weighted by atomic mass is 9.83. The molecule has 2 aromatic carbocycles. The molecule has 2 heterocycles. The van der Waals surface area contributed by atoms with Gasteiger partial charge < -0.3 is 0 Å². The van der Waals surface area contributed by atoms with Gasteiger partial charge >= 0.3 is 0 Å². The Balaban J connectivity index is 1.74. The second kappa shape index (κ2) is 6.51. The number of imidazole rings is 1. The van der Waals surface area contributed by atoms with Crippen molar-refractivity contribution in [2.75, 3.05) is 0 Å².